The molecule has 10 N–H and O–H groups in total. The number of carbonyl (C=O) groups is 9. The fourth-order valence-electron chi connectivity index (χ4n) is 18.3. The van der Waals surface area contributed by atoms with E-state index >= 15 is 0 Å². The van der Waals surface area contributed by atoms with Gasteiger partial charge < -0.3 is 99.9 Å². The van der Waals surface area contributed by atoms with Crippen LogP contribution >= 0.6 is 0 Å². The molecule has 0 spiro atoms. The molecule has 5 aliphatic heterocycles. The molecule has 134 heavy (non-hydrogen) atoms. The van der Waals surface area contributed by atoms with E-state index in [1.165, 1.54) is 38.8 Å². The quantitative estimate of drug-likeness (QED) is 0.0104. The average Bonchev–Trinajstić information content (AvgIpc) is 1.70. The summed E-state index contributed by atoms with van der Waals surface area (Å²) in [6, 6.07) is 4.29. The van der Waals surface area contributed by atoms with Crippen molar-refractivity contribution >= 4 is 98.9 Å². The van der Waals surface area contributed by atoms with Crippen molar-refractivity contribution in [3.05, 3.63) is 108 Å². The molecule has 5 fully saturated rings. The normalized spacial score (nSPS) is 26.5. The van der Waals surface area contributed by atoms with Crippen LogP contribution in [0.4, 0.5) is 28.5 Å². The van der Waals surface area contributed by atoms with Crippen LogP contribution in [-0.4, -0.2) is 301 Å². The number of benzene rings is 1. The van der Waals surface area contributed by atoms with Crippen LogP contribution in [0.1, 0.15) is 167 Å². The molecule has 1 saturated carbocycles. The number of rotatable bonds is 29. The fourth-order valence-corrected chi connectivity index (χ4v) is 18.3. The number of cyclic esters (lactones) is 1. The third-order valence-electron chi connectivity index (χ3n) is 26.5. The van der Waals surface area contributed by atoms with Crippen LogP contribution in [0.3, 0.4) is 0 Å². The summed E-state index contributed by atoms with van der Waals surface area (Å²) in [6.45, 7) is 20.2. The highest BCUT2D eigenvalue weighted by Gasteiger charge is 2.53. The Kier molecular flexibility index (Phi) is 37.1. The molecule has 5 amide bonds. The molecule has 6 aromatic rings. The zero-order valence-electron chi connectivity index (χ0n) is 78.4. The number of aliphatic hydroxyl groups excluding tert-OH is 2. The Hall–Kier alpha value is -11.2. The lowest BCUT2D eigenvalue weighted by Gasteiger charge is -2.42. The lowest BCUT2D eigenvalue weighted by atomic mass is 9.78. The highest BCUT2D eigenvalue weighted by molar-refractivity contribution is 6.39. The third-order valence-corrected chi connectivity index (χ3v) is 26.5. The second-order valence-electron chi connectivity index (χ2n) is 36.3. The molecule has 0 radical (unpaired) electrons. The Morgan fingerprint density at radius 2 is 1.43 bits per heavy atom. The van der Waals surface area contributed by atoms with Crippen LogP contribution in [0.2, 0.25) is 0 Å². The van der Waals surface area contributed by atoms with Crippen LogP contribution in [0.25, 0.3) is 33.4 Å². The number of ketones is 3. The average molecular weight is 1860 g/mol. The molecule has 4 saturated heterocycles. The first-order valence-corrected chi connectivity index (χ1v) is 47.0. The number of hydrogen-bond donors (Lipinski definition) is 8. The van der Waals surface area contributed by atoms with Gasteiger partial charge in [0, 0.05) is 179 Å². The SMILES string of the molecule is CO[C@H]1C[C@@H]2CC[C@@H](C)[C@@](O)(O2)C(=O)C(=O)N2CCCC[C@H]2C(=O)O[C@H]([C@H](C)C[C@@H]2CC[C@@H](OC(=O)NCc3cnc(N4CCN(C(=O)CCOCCN5CCN(c6ncc(C(=O)NCCOCCC(=O)NCCCCn7nc(-c8ccc9oc(N)nc9c8)c8c(N)ncnc87)cn6)CC5)CC4)nc3)[C@H](OC)C2)CC(=O)[C@H](C)/C=C(\C)[C@@H](O)[C@@H](O)C(=O)[C@H](C)C[C@H](C)/C=C/C=CC=C1C. The molecule has 39 heteroatoms. The Morgan fingerprint density at radius 1 is 0.709 bits per heavy atom. The molecule has 39 nitrogen and oxygen atoms in total. The highest BCUT2D eigenvalue weighted by Crippen LogP contribution is 2.40. The van der Waals surface area contributed by atoms with Gasteiger partial charge in [0.15, 0.2) is 17.0 Å². The molecular weight excluding hydrogens is 1730 g/mol. The van der Waals surface area contributed by atoms with Gasteiger partial charge in [-0.25, -0.2) is 44.2 Å². The number of aryl methyl sites for hydroxylation is 1. The van der Waals surface area contributed by atoms with Crippen molar-refractivity contribution in [1.29, 1.82) is 0 Å². The Balaban J connectivity index is 0.522. The molecular formula is C95H133N19O20. The number of alkyl carbamates (subject to hydrolysis) is 1. The number of carbonyl (C=O) groups excluding carboxylic acids is 9. The zero-order chi connectivity index (χ0) is 95.7. The minimum Gasteiger partial charge on any atom is -0.460 e. The number of Topliss-reactive ketones (excluding diaryl/α,β-unsaturated/α-hetero) is 3. The summed E-state index contributed by atoms with van der Waals surface area (Å²) in [5.41, 5.74) is 17.1. The molecule has 728 valence electrons. The molecule has 6 aliphatic rings. The maximum atomic E-state index is 14.8. The van der Waals surface area contributed by atoms with Gasteiger partial charge in [-0.2, -0.15) is 10.1 Å². The van der Waals surface area contributed by atoms with E-state index in [1.54, 1.807) is 51.0 Å². The molecule has 12 rings (SSSR count). The van der Waals surface area contributed by atoms with E-state index in [0.717, 1.165) is 29.1 Å². The maximum Gasteiger partial charge on any atom is 0.407 e. The Labute approximate surface area is 780 Å². The van der Waals surface area contributed by atoms with E-state index in [4.69, 9.17) is 54.1 Å². The maximum absolute atomic E-state index is 14.8. The number of ether oxygens (including phenoxy) is 7. The fraction of sp³-hybridized carbons (Fsp3) is 0.611. The van der Waals surface area contributed by atoms with Gasteiger partial charge in [0.05, 0.1) is 62.1 Å². The minimum absolute atomic E-state index is 0.00109. The molecule has 0 unspecified atom stereocenters. The van der Waals surface area contributed by atoms with Crippen molar-refractivity contribution in [1.82, 2.24) is 75.3 Å². The van der Waals surface area contributed by atoms with E-state index in [2.05, 4.69) is 60.6 Å². The Morgan fingerprint density at radius 3 is 2.17 bits per heavy atom. The van der Waals surface area contributed by atoms with Gasteiger partial charge in [-0.1, -0.05) is 71.1 Å². The minimum atomic E-state index is -2.50. The predicted octanol–water partition coefficient (Wildman–Crippen LogP) is 6.76. The highest BCUT2D eigenvalue weighted by atomic mass is 16.6. The van der Waals surface area contributed by atoms with Gasteiger partial charge >= 0.3 is 12.1 Å². The summed E-state index contributed by atoms with van der Waals surface area (Å²) in [5, 5.41) is 48.8. The number of unbranched alkanes of at least 4 members (excludes halogenated alkanes) is 1. The topological polar surface area (TPSA) is 504 Å². The van der Waals surface area contributed by atoms with E-state index in [1.807, 2.05) is 73.1 Å². The summed E-state index contributed by atoms with van der Waals surface area (Å²) in [5.74, 6) is -8.60. The van der Waals surface area contributed by atoms with Gasteiger partial charge in [0.25, 0.3) is 23.6 Å². The van der Waals surface area contributed by atoms with Crippen molar-refractivity contribution in [3.8, 4) is 11.3 Å². The van der Waals surface area contributed by atoms with Crippen molar-refractivity contribution in [2.45, 2.75) is 219 Å². The smallest absolute Gasteiger partial charge is 0.407 e. The van der Waals surface area contributed by atoms with Gasteiger partial charge in [-0.3, -0.25) is 38.5 Å². The number of piperidine rings is 1. The first-order valence-electron chi connectivity index (χ1n) is 47.0. The molecule has 10 heterocycles. The lowest BCUT2D eigenvalue weighted by Crippen LogP contribution is -2.61. The van der Waals surface area contributed by atoms with Gasteiger partial charge in [-0.15, -0.1) is 0 Å². The van der Waals surface area contributed by atoms with Gasteiger partial charge in [-0.05, 0) is 138 Å². The number of nitrogens with two attached hydrogens (primary N) is 2. The summed E-state index contributed by atoms with van der Waals surface area (Å²) in [6.07, 6.45) is 17.1. The first kappa shape index (κ1) is 102. The largest absolute Gasteiger partial charge is 0.460 e. The summed E-state index contributed by atoms with van der Waals surface area (Å²) in [4.78, 5) is 165. The van der Waals surface area contributed by atoms with Crippen LogP contribution < -0.4 is 37.2 Å². The zero-order valence-corrected chi connectivity index (χ0v) is 78.4. The van der Waals surface area contributed by atoms with E-state index in [9.17, 15) is 58.5 Å². The lowest BCUT2D eigenvalue weighted by molar-refractivity contribution is -0.265. The number of methoxy groups -OCH3 is 2. The number of hydrogen-bond acceptors (Lipinski definition) is 33. The van der Waals surface area contributed by atoms with Crippen LogP contribution in [0.5, 0.6) is 0 Å². The van der Waals surface area contributed by atoms with Crippen LogP contribution in [0, 0.1) is 35.5 Å². The van der Waals surface area contributed by atoms with E-state index < -0.39 is 108 Å². The molecule has 2 bridgehead atoms. The number of esters is 1. The molecule has 1 aromatic carbocycles. The number of allylic oxidation sites excluding steroid dienone is 6. The predicted molar refractivity (Wildman–Crippen MR) is 496 cm³/mol. The number of nitrogens with one attached hydrogen (secondary N) is 3. The van der Waals surface area contributed by atoms with Crippen LogP contribution in [-0.2, 0) is 79.8 Å². The van der Waals surface area contributed by atoms with Crippen molar-refractivity contribution < 1.29 is 96.0 Å². The first-order chi connectivity index (χ1) is 64.4. The standard InChI is InChI=1S/C95H133N19O20/c1-58-17-11-10-12-18-59(2)75(127-8)50-69-23-20-64(7)95(126,134-69)85(121)89(123)113-30-15-13-19-71(113)90(124)131-76(51-72(115)60(3)46-63(6)83(119)84(120)82(118)62(5)45-58)61(4)47-65-21-24-74(77(48-65)128-9)133-94(125)104-54-66-52-100-92(101-53-66)112-38-36-110(37-39-112)79(117)27-42-130-44-40-109-32-34-111(35-33-109)93-102-55-68(56-103-93)88(122)99-29-43-129-41-26-78(116)98-28-14-16-31-114-87-80(86(96)105-57-106-87)81(108-114)67-22-25-73-70(49-67)107-91(97)132-73/h10-12,17-18,22,25,46,49,52-53,55-58,60-62,64-65,69,71,74-77,83-84,119-120,126H,13-16,19-21,23-24,26-45,47-48,50-51,54H2,1-9H3,(H2,97,107)(H,98,116)(H,99,122)(H,104,125)(H2,96,105,106)/b12-10?,17-11+,59-18?,63-46+/t58-,60-,61-,62-,64-,65+,69+,71+,74-,75+,76+,77-,83-,84+,95-/m1/s1. The molecule has 5 aromatic heterocycles. The van der Waals surface area contributed by atoms with E-state index in [-0.39, 0.29) is 118 Å². The molecule has 15 atom stereocenters. The number of aromatic nitrogens is 9. The van der Waals surface area contributed by atoms with Gasteiger partial charge in [0.1, 0.15) is 59.6 Å². The van der Waals surface area contributed by atoms with Crippen molar-refractivity contribution in [2.24, 2.45) is 35.5 Å². The number of nitrogens with zero attached hydrogens (tertiary/aromatic N) is 14. The summed E-state index contributed by atoms with van der Waals surface area (Å²) >= 11 is 0. The second-order valence-corrected chi connectivity index (χ2v) is 36.3. The second kappa shape index (κ2) is 48.8. The number of aliphatic hydroxyl groups is 3. The third kappa shape index (κ3) is 27.4. The van der Waals surface area contributed by atoms with Crippen molar-refractivity contribution in [2.75, 3.05) is 140 Å². The number of amides is 5. The number of nitrogen functional groups attached to an aromatic ring is 2. The van der Waals surface area contributed by atoms with E-state index in [0.29, 0.717) is 193 Å². The molecule has 1 aliphatic carbocycles. The number of anilines is 4. The van der Waals surface area contributed by atoms with Gasteiger partial charge in [0.2, 0.25) is 29.5 Å². The van der Waals surface area contributed by atoms with Crippen LogP contribution in [0.15, 0.2) is 101 Å². The number of fused-ring (bicyclic) bond motifs is 5. The Bertz CT molecular complexity index is 5110. The summed E-state index contributed by atoms with van der Waals surface area (Å²) < 4.78 is 49.2. The van der Waals surface area contributed by atoms with Crippen molar-refractivity contribution in [3.63, 3.8) is 0 Å². The summed E-state index contributed by atoms with van der Waals surface area (Å²) in [7, 11) is 3.09. The number of oxazole rings is 1. The number of piperazine rings is 2. The monoisotopic (exact) mass is 1860 g/mol.